The summed E-state index contributed by atoms with van der Waals surface area (Å²) >= 11 is 0. The van der Waals surface area contributed by atoms with Gasteiger partial charge in [-0.3, -0.25) is 9.69 Å². The molecule has 1 saturated heterocycles. The lowest BCUT2D eigenvalue weighted by Crippen LogP contribution is -2.42. The Morgan fingerprint density at radius 1 is 1.43 bits per heavy atom. The number of nitrogens with one attached hydrogen (secondary N) is 1. The number of carbonyl (C=O) groups excluding carboxylic acids is 1. The number of hydrogen-bond acceptors (Lipinski definition) is 3. The summed E-state index contributed by atoms with van der Waals surface area (Å²) in [4.78, 5) is 14.0. The van der Waals surface area contributed by atoms with E-state index in [9.17, 15) is 9.18 Å². The highest BCUT2D eigenvalue weighted by atomic mass is 19.1. The molecule has 1 aliphatic heterocycles. The normalized spacial score (nSPS) is 19.4. The smallest absolute Gasteiger partial charge is 0.234 e. The first-order valence-electron chi connectivity index (χ1n) is 7.52. The molecular formula is C16H23FN2O2. The molecule has 21 heavy (non-hydrogen) atoms. The number of aliphatic hydroxyl groups excluding tert-OH is 1. The molecule has 1 fully saturated rings. The molecule has 1 amide bonds. The van der Waals surface area contributed by atoms with Gasteiger partial charge in [-0.2, -0.15) is 0 Å². The summed E-state index contributed by atoms with van der Waals surface area (Å²) in [7, 11) is 0. The zero-order valence-electron chi connectivity index (χ0n) is 12.2. The lowest BCUT2D eigenvalue weighted by molar-refractivity contribution is -0.122. The van der Waals surface area contributed by atoms with Crippen LogP contribution in [0.15, 0.2) is 24.3 Å². The second kappa shape index (κ2) is 8.10. The van der Waals surface area contributed by atoms with Crippen molar-refractivity contribution in [1.82, 2.24) is 10.2 Å². The molecule has 1 aromatic carbocycles. The zero-order valence-corrected chi connectivity index (χ0v) is 12.2. The predicted octanol–water partition coefficient (Wildman–Crippen LogP) is 1.54. The topological polar surface area (TPSA) is 52.6 Å². The van der Waals surface area contributed by atoms with E-state index >= 15 is 0 Å². The Morgan fingerprint density at radius 2 is 2.24 bits per heavy atom. The summed E-state index contributed by atoms with van der Waals surface area (Å²) in [5, 5.41) is 11.8. The molecule has 0 aliphatic carbocycles. The molecular weight excluding hydrogens is 271 g/mol. The zero-order chi connectivity index (χ0) is 15.1. The maximum Gasteiger partial charge on any atom is 0.234 e. The molecule has 1 unspecified atom stereocenters. The number of halogens is 1. The molecule has 1 atom stereocenters. The van der Waals surface area contributed by atoms with E-state index in [1.807, 2.05) is 0 Å². The van der Waals surface area contributed by atoms with Gasteiger partial charge >= 0.3 is 0 Å². The Balaban J connectivity index is 1.75. The maximum atomic E-state index is 13.4. The monoisotopic (exact) mass is 294 g/mol. The van der Waals surface area contributed by atoms with Gasteiger partial charge in [0.25, 0.3) is 0 Å². The second-order valence-corrected chi connectivity index (χ2v) is 5.62. The third-order valence-electron chi connectivity index (χ3n) is 3.94. The van der Waals surface area contributed by atoms with Gasteiger partial charge in [0.1, 0.15) is 5.82 Å². The molecule has 5 heteroatoms. The van der Waals surface area contributed by atoms with Gasteiger partial charge in [-0.1, -0.05) is 18.2 Å². The number of aliphatic hydroxyl groups is 1. The summed E-state index contributed by atoms with van der Waals surface area (Å²) < 4.78 is 13.4. The number of rotatable bonds is 6. The fraction of sp³-hybridized carbons (Fsp3) is 0.562. The maximum absolute atomic E-state index is 13.4. The number of likely N-dealkylation sites (tertiary alicyclic amines) is 1. The van der Waals surface area contributed by atoms with Gasteiger partial charge in [-0.15, -0.1) is 0 Å². The fourth-order valence-electron chi connectivity index (χ4n) is 2.81. The third kappa shape index (κ3) is 5.10. The van der Waals surface area contributed by atoms with Crippen molar-refractivity contribution in [2.75, 3.05) is 26.2 Å². The van der Waals surface area contributed by atoms with Gasteiger partial charge < -0.3 is 10.4 Å². The molecule has 2 N–H and O–H groups in total. The molecule has 1 aromatic rings. The van der Waals surface area contributed by atoms with Crippen molar-refractivity contribution in [2.24, 2.45) is 5.92 Å². The third-order valence-corrected chi connectivity index (χ3v) is 3.94. The minimum atomic E-state index is -0.293. The Kier molecular flexibility index (Phi) is 6.14. The molecule has 2 rings (SSSR count). The summed E-state index contributed by atoms with van der Waals surface area (Å²) in [6.07, 6.45) is 2.98. The van der Waals surface area contributed by atoms with Crippen molar-refractivity contribution in [2.45, 2.75) is 25.8 Å². The van der Waals surface area contributed by atoms with Gasteiger partial charge in [0, 0.05) is 25.3 Å². The van der Waals surface area contributed by atoms with Crippen LogP contribution in [-0.4, -0.2) is 42.2 Å². The quantitative estimate of drug-likeness (QED) is 0.837. The van der Waals surface area contributed by atoms with E-state index in [1.165, 1.54) is 6.07 Å². The van der Waals surface area contributed by atoms with Crippen molar-refractivity contribution >= 4 is 5.91 Å². The first kappa shape index (κ1) is 15.9. The number of benzene rings is 1. The fourth-order valence-corrected chi connectivity index (χ4v) is 2.81. The largest absolute Gasteiger partial charge is 0.396 e. The van der Waals surface area contributed by atoms with Crippen LogP contribution in [0.3, 0.4) is 0 Å². The molecule has 0 aromatic heterocycles. The minimum absolute atomic E-state index is 0.0806. The van der Waals surface area contributed by atoms with E-state index in [0.29, 0.717) is 18.0 Å². The highest BCUT2D eigenvalue weighted by Crippen LogP contribution is 2.18. The van der Waals surface area contributed by atoms with E-state index in [0.717, 1.165) is 32.4 Å². The Bertz CT molecular complexity index is 465. The van der Waals surface area contributed by atoms with Gasteiger partial charge in [0.15, 0.2) is 0 Å². The highest BCUT2D eigenvalue weighted by Gasteiger charge is 2.21. The van der Waals surface area contributed by atoms with Gasteiger partial charge in [-0.25, -0.2) is 4.39 Å². The Morgan fingerprint density at radius 3 is 3.00 bits per heavy atom. The van der Waals surface area contributed by atoms with Crippen LogP contribution in [0.25, 0.3) is 0 Å². The van der Waals surface area contributed by atoms with Gasteiger partial charge in [0.2, 0.25) is 5.91 Å². The standard InChI is InChI=1S/C16H23FN2O2/c17-15-6-2-1-5-14(15)10-18-16(21)12-19-8-3-4-13(11-19)7-9-20/h1-2,5-6,13,20H,3-4,7-12H2,(H,18,21). The average molecular weight is 294 g/mol. The summed E-state index contributed by atoms with van der Waals surface area (Å²) in [6.45, 7) is 2.54. The van der Waals surface area contributed by atoms with Crippen molar-refractivity contribution in [3.05, 3.63) is 35.6 Å². The lowest BCUT2D eigenvalue weighted by Gasteiger charge is -2.31. The first-order chi connectivity index (χ1) is 10.2. The summed E-state index contributed by atoms with van der Waals surface area (Å²) in [5.74, 6) is 0.102. The van der Waals surface area contributed by atoms with E-state index in [4.69, 9.17) is 5.11 Å². The minimum Gasteiger partial charge on any atom is -0.396 e. The van der Waals surface area contributed by atoms with Crippen LogP contribution < -0.4 is 5.32 Å². The Labute approximate surface area is 125 Å². The highest BCUT2D eigenvalue weighted by molar-refractivity contribution is 5.78. The lowest BCUT2D eigenvalue weighted by atomic mass is 9.95. The van der Waals surface area contributed by atoms with E-state index in [-0.39, 0.29) is 24.9 Å². The second-order valence-electron chi connectivity index (χ2n) is 5.62. The number of piperidine rings is 1. The predicted molar refractivity (Wildman–Crippen MR) is 79.1 cm³/mol. The number of amides is 1. The van der Waals surface area contributed by atoms with Crippen molar-refractivity contribution < 1.29 is 14.3 Å². The molecule has 1 heterocycles. The molecule has 0 saturated carbocycles. The molecule has 116 valence electrons. The van der Waals surface area contributed by atoms with Crippen LogP contribution >= 0.6 is 0 Å². The van der Waals surface area contributed by atoms with E-state index in [2.05, 4.69) is 10.2 Å². The number of nitrogens with zero attached hydrogens (tertiary/aromatic N) is 1. The summed E-state index contributed by atoms with van der Waals surface area (Å²) in [6, 6.07) is 6.46. The average Bonchev–Trinajstić information content (AvgIpc) is 2.47. The van der Waals surface area contributed by atoms with Gasteiger partial charge in [-0.05, 0) is 37.8 Å². The SMILES string of the molecule is O=C(CN1CCCC(CCO)C1)NCc1ccccc1F. The van der Waals surface area contributed by atoms with Crippen LogP contribution in [-0.2, 0) is 11.3 Å². The van der Waals surface area contributed by atoms with Crippen LogP contribution in [0.1, 0.15) is 24.8 Å². The molecule has 0 bridgehead atoms. The molecule has 4 nitrogen and oxygen atoms in total. The number of hydrogen-bond donors (Lipinski definition) is 2. The van der Waals surface area contributed by atoms with Crippen LogP contribution in [0, 0.1) is 11.7 Å². The van der Waals surface area contributed by atoms with Crippen LogP contribution in [0.4, 0.5) is 4.39 Å². The van der Waals surface area contributed by atoms with Crippen LogP contribution in [0.5, 0.6) is 0 Å². The molecule has 0 spiro atoms. The van der Waals surface area contributed by atoms with Gasteiger partial charge in [0.05, 0.1) is 6.54 Å². The van der Waals surface area contributed by atoms with E-state index < -0.39 is 0 Å². The van der Waals surface area contributed by atoms with Crippen molar-refractivity contribution in [3.63, 3.8) is 0 Å². The van der Waals surface area contributed by atoms with Crippen molar-refractivity contribution in [1.29, 1.82) is 0 Å². The summed E-state index contributed by atoms with van der Waals surface area (Å²) in [5.41, 5.74) is 0.502. The number of carbonyl (C=O) groups is 1. The van der Waals surface area contributed by atoms with Crippen molar-refractivity contribution in [3.8, 4) is 0 Å². The molecule has 0 radical (unpaired) electrons. The Hall–Kier alpha value is -1.46. The first-order valence-corrected chi connectivity index (χ1v) is 7.52. The van der Waals surface area contributed by atoms with E-state index in [1.54, 1.807) is 18.2 Å². The molecule has 1 aliphatic rings. The van der Waals surface area contributed by atoms with Crippen LogP contribution in [0.2, 0.25) is 0 Å².